The van der Waals surface area contributed by atoms with E-state index < -0.39 is 11.9 Å². The SMILES string of the molecule is CCCNc1c(C)c(C(F)(F)F)nc2cc(C)cc(C)c12. The van der Waals surface area contributed by atoms with Crippen molar-refractivity contribution in [2.45, 2.75) is 40.3 Å². The van der Waals surface area contributed by atoms with Gasteiger partial charge in [-0.2, -0.15) is 13.2 Å². The van der Waals surface area contributed by atoms with E-state index in [1.165, 1.54) is 6.92 Å². The van der Waals surface area contributed by atoms with Crippen molar-refractivity contribution in [1.82, 2.24) is 4.98 Å². The van der Waals surface area contributed by atoms with E-state index in [1.807, 2.05) is 26.8 Å². The van der Waals surface area contributed by atoms with Gasteiger partial charge in [0.05, 0.1) is 5.52 Å². The molecular formula is C16H19F3N2. The molecule has 2 aromatic rings. The first-order chi connectivity index (χ1) is 9.75. The Bertz CT molecular complexity index is 676. The Kier molecular flexibility index (Phi) is 4.12. The summed E-state index contributed by atoms with van der Waals surface area (Å²) in [5, 5.41) is 3.92. The van der Waals surface area contributed by atoms with Gasteiger partial charge in [-0.3, -0.25) is 0 Å². The molecule has 0 bridgehead atoms. The normalized spacial score (nSPS) is 12.0. The Morgan fingerprint density at radius 1 is 1.14 bits per heavy atom. The summed E-state index contributed by atoms with van der Waals surface area (Å²) in [7, 11) is 0. The van der Waals surface area contributed by atoms with Gasteiger partial charge in [-0.15, -0.1) is 0 Å². The number of anilines is 1. The fourth-order valence-corrected chi connectivity index (χ4v) is 2.62. The molecule has 0 spiro atoms. The van der Waals surface area contributed by atoms with Gasteiger partial charge >= 0.3 is 6.18 Å². The van der Waals surface area contributed by atoms with Gasteiger partial charge in [0.2, 0.25) is 0 Å². The number of halogens is 3. The van der Waals surface area contributed by atoms with Gasteiger partial charge in [-0.05, 0) is 44.4 Å². The third kappa shape index (κ3) is 2.96. The van der Waals surface area contributed by atoms with Crippen LogP contribution in [0.15, 0.2) is 12.1 Å². The summed E-state index contributed by atoms with van der Waals surface area (Å²) in [5.41, 5.74) is 2.14. The lowest BCUT2D eigenvalue weighted by Gasteiger charge is -2.19. The second-order valence-electron chi connectivity index (χ2n) is 5.36. The topological polar surface area (TPSA) is 24.9 Å². The monoisotopic (exact) mass is 296 g/mol. The van der Waals surface area contributed by atoms with Crippen LogP contribution >= 0.6 is 0 Å². The van der Waals surface area contributed by atoms with Crippen LogP contribution in [-0.4, -0.2) is 11.5 Å². The van der Waals surface area contributed by atoms with Crippen LogP contribution in [0, 0.1) is 20.8 Å². The number of hydrogen-bond donors (Lipinski definition) is 1. The smallest absolute Gasteiger partial charge is 0.384 e. The summed E-state index contributed by atoms with van der Waals surface area (Å²) in [6.07, 6.45) is -3.60. The maximum Gasteiger partial charge on any atom is 0.433 e. The van der Waals surface area contributed by atoms with Crippen LogP contribution in [0.4, 0.5) is 18.9 Å². The number of benzene rings is 1. The number of pyridine rings is 1. The molecule has 1 heterocycles. The van der Waals surface area contributed by atoms with Gasteiger partial charge in [0.1, 0.15) is 5.69 Å². The second kappa shape index (κ2) is 5.54. The van der Waals surface area contributed by atoms with Crippen molar-refractivity contribution in [2.24, 2.45) is 0 Å². The van der Waals surface area contributed by atoms with Crippen molar-refractivity contribution in [1.29, 1.82) is 0 Å². The highest BCUT2D eigenvalue weighted by molar-refractivity contribution is 5.96. The highest BCUT2D eigenvalue weighted by atomic mass is 19.4. The molecular weight excluding hydrogens is 277 g/mol. The van der Waals surface area contributed by atoms with E-state index in [-0.39, 0.29) is 5.56 Å². The van der Waals surface area contributed by atoms with E-state index in [0.29, 0.717) is 17.7 Å². The van der Waals surface area contributed by atoms with Crippen molar-refractivity contribution in [2.75, 3.05) is 11.9 Å². The molecule has 1 N–H and O–H groups in total. The summed E-state index contributed by atoms with van der Waals surface area (Å²) in [6, 6.07) is 3.67. The molecule has 0 aliphatic carbocycles. The molecule has 5 heteroatoms. The lowest BCUT2D eigenvalue weighted by molar-refractivity contribution is -0.141. The highest BCUT2D eigenvalue weighted by Crippen LogP contribution is 2.38. The molecule has 0 radical (unpaired) electrons. The van der Waals surface area contributed by atoms with Gasteiger partial charge in [0, 0.05) is 23.2 Å². The van der Waals surface area contributed by atoms with E-state index in [2.05, 4.69) is 10.3 Å². The summed E-state index contributed by atoms with van der Waals surface area (Å²) in [5.74, 6) is 0. The molecule has 0 aliphatic rings. The molecule has 2 nitrogen and oxygen atoms in total. The van der Waals surface area contributed by atoms with Crippen LogP contribution < -0.4 is 5.32 Å². The number of aryl methyl sites for hydroxylation is 2. The van der Waals surface area contributed by atoms with Crippen LogP contribution in [-0.2, 0) is 6.18 Å². The van der Waals surface area contributed by atoms with Crippen LogP contribution in [0.1, 0.15) is 35.7 Å². The lowest BCUT2D eigenvalue weighted by Crippen LogP contribution is -2.14. The van der Waals surface area contributed by atoms with Gasteiger partial charge in [0.15, 0.2) is 0 Å². The number of rotatable bonds is 3. The first kappa shape index (κ1) is 15.6. The van der Waals surface area contributed by atoms with Crippen molar-refractivity contribution in [3.8, 4) is 0 Å². The van der Waals surface area contributed by atoms with E-state index in [4.69, 9.17) is 0 Å². The fraction of sp³-hybridized carbons (Fsp3) is 0.438. The van der Waals surface area contributed by atoms with Crippen LogP contribution in [0.25, 0.3) is 10.9 Å². The van der Waals surface area contributed by atoms with Gasteiger partial charge < -0.3 is 5.32 Å². The highest BCUT2D eigenvalue weighted by Gasteiger charge is 2.36. The first-order valence-electron chi connectivity index (χ1n) is 6.98. The van der Waals surface area contributed by atoms with E-state index >= 15 is 0 Å². The zero-order chi connectivity index (χ0) is 15.8. The molecule has 0 atom stereocenters. The first-order valence-corrected chi connectivity index (χ1v) is 6.98. The van der Waals surface area contributed by atoms with Crippen LogP contribution in [0.5, 0.6) is 0 Å². The molecule has 2 rings (SSSR count). The number of aromatic nitrogens is 1. The number of alkyl halides is 3. The summed E-state index contributed by atoms with van der Waals surface area (Å²) in [4.78, 5) is 3.87. The summed E-state index contributed by atoms with van der Waals surface area (Å²) < 4.78 is 39.6. The lowest BCUT2D eigenvalue weighted by atomic mass is 10.00. The Labute approximate surface area is 122 Å². The van der Waals surface area contributed by atoms with Gasteiger partial charge in [0.25, 0.3) is 0 Å². The molecule has 0 fully saturated rings. The summed E-state index contributed by atoms with van der Waals surface area (Å²) in [6.45, 7) is 7.85. The van der Waals surface area contributed by atoms with E-state index in [1.54, 1.807) is 6.07 Å². The number of nitrogens with zero attached hydrogens (tertiary/aromatic N) is 1. The largest absolute Gasteiger partial charge is 0.433 e. The molecule has 1 aromatic heterocycles. The Hall–Kier alpha value is -1.78. The second-order valence-corrected chi connectivity index (χ2v) is 5.36. The third-order valence-electron chi connectivity index (χ3n) is 3.49. The molecule has 114 valence electrons. The number of hydrogen-bond acceptors (Lipinski definition) is 2. The minimum atomic E-state index is -4.45. The molecule has 0 amide bonds. The Balaban J connectivity index is 2.83. The average molecular weight is 296 g/mol. The molecule has 1 aromatic carbocycles. The van der Waals surface area contributed by atoms with Crippen molar-refractivity contribution in [3.63, 3.8) is 0 Å². The maximum atomic E-state index is 13.2. The van der Waals surface area contributed by atoms with Crippen molar-refractivity contribution in [3.05, 3.63) is 34.5 Å². The zero-order valence-corrected chi connectivity index (χ0v) is 12.7. The predicted octanol–water partition coefficient (Wildman–Crippen LogP) is 5.00. The fourth-order valence-electron chi connectivity index (χ4n) is 2.62. The minimum Gasteiger partial charge on any atom is -0.384 e. The molecule has 0 unspecified atom stereocenters. The zero-order valence-electron chi connectivity index (χ0n) is 12.7. The minimum absolute atomic E-state index is 0.162. The molecule has 0 aliphatic heterocycles. The standard InChI is InChI=1S/C16H19F3N2/c1-5-6-20-14-11(4)15(16(17,18)19)21-12-8-9(2)7-10(3)13(12)14/h7-8H,5-6H2,1-4H3,(H,20,21). The molecule has 0 saturated carbocycles. The summed E-state index contributed by atoms with van der Waals surface area (Å²) >= 11 is 0. The number of fused-ring (bicyclic) bond motifs is 1. The molecule has 21 heavy (non-hydrogen) atoms. The Morgan fingerprint density at radius 2 is 1.81 bits per heavy atom. The molecule has 0 saturated heterocycles. The van der Waals surface area contributed by atoms with E-state index in [0.717, 1.165) is 22.9 Å². The van der Waals surface area contributed by atoms with Crippen LogP contribution in [0.2, 0.25) is 0 Å². The van der Waals surface area contributed by atoms with E-state index in [9.17, 15) is 13.2 Å². The predicted molar refractivity (Wildman–Crippen MR) is 79.7 cm³/mol. The van der Waals surface area contributed by atoms with Gasteiger partial charge in [-0.1, -0.05) is 13.0 Å². The van der Waals surface area contributed by atoms with Crippen molar-refractivity contribution >= 4 is 16.6 Å². The maximum absolute atomic E-state index is 13.2. The quantitative estimate of drug-likeness (QED) is 0.862. The van der Waals surface area contributed by atoms with Crippen molar-refractivity contribution < 1.29 is 13.2 Å². The number of nitrogens with one attached hydrogen (secondary N) is 1. The van der Waals surface area contributed by atoms with Crippen LogP contribution in [0.3, 0.4) is 0 Å². The Morgan fingerprint density at radius 3 is 2.38 bits per heavy atom. The van der Waals surface area contributed by atoms with Gasteiger partial charge in [-0.25, -0.2) is 4.98 Å². The third-order valence-corrected chi connectivity index (χ3v) is 3.49. The average Bonchev–Trinajstić information content (AvgIpc) is 2.36.